The maximum absolute atomic E-state index is 13.4. The van der Waals surface area contributed by atoms with Crippen LogP contribution in [0, 0.1) is 15.5 Å². The molecule has 3 rings (SSSR count). The topological polar surface area (TPSA) is 138 Å². The van der Waals surface area contributed by atoms with Crippen LogP contribution in [-0.4, -0.2) is 33.7 Å². The number of nitrogens with one attached hydrogen (secondary N) is 2. The van der Waals surface area contributed by atoms with Gasteiger partial charge in [0.15, 0.2) is 11.7 Å². The fraction of sp³-hybridized carbons (Fsp3) is 0.111. The second-order valence-corrected chi connectivity index (χ2v) is 6.19. The number of ether oxygens (including phenoxy) is 1. The second kappa shape index (κ2) is 7.39. The van der Waals surface area contributed by atoms with E-state index in [-0.39, 0.29) is 33.8 Å². The number of benzene rings is 2. The van der Waals surface area contributed by atoms with Crippen LogP contribution in [0.25, 0.3) is 10.9 Å². The lowest BCUT2D eigenvalue weighted by Gasteiger charge is -2.12. The lowest BCUT2D eigenvalue weighted by Crippen LogP contribution is -2.38. The molecule has 3 aromatic rings. The first-order valence-electron chi connectivity index (χ1n) is 8.26. The quantitative estimate of drug-likeness (QED) is 0.254. The average Bonchev–Trinajstić information content (AvgIpc) is 3.11. The number of nitrogens with zero attached hydrogens (tertiary/aromatic N) is 2. The van der Waals surface area contributed by atoms with Gasteiger partial charge in [0.2, 0.25) is 0 Å². The monoisotopic (exact) mass is 421 g/mol. The molecule has 2 aromatic carbocycles. The number of rotatable bonds is 4. The number of H-pyrrole nitrogens is 1. The average molecular weight is 421 g/mol. The maximum atomic E-state index is 13.4. The van der Waals surface area contributed by atoms with Crippen LogP contribution in [0.3, 0.4) is 0 Å². The highest BCUT2D eigenvalue weighted by atomic mass is 19.4. The Labute approximate surface area is 166 Å². The number of aromatic amines is 1. The number of hydrogen-bond donors (Lipinski definition) is 3. The Morgan fingerprint density at radius 3 is 2.57 bits per heavy atom. The Kier molecular flexibility index (Phi) is 5.08. The number of halogens is 3. The molecule has 4 N–H and O–H groups in total. The van der Waals surface area contributed by atoms with Crippen LogP contribution in [0.1, 0.15) is 16.1 Å². The summed E-state index contributed by atoms with van der Waals surface area (Å²) in [5, 5.41) is 17.9. The van der Waals surface area contributed by atoms with E-state index in [1.54, 1.807) is 0 Å². The molecule has 156 valence electrons. The normalized spacial score (nSPS) is 11.3. The maximum Gasteiger partial charge on any atom is 0.417 e. The lowest BCUT2D eigenvalue weighted by atomic mass is 10.1. The third kappa shape index (κ3) is 3.87. The van der Waals surface area contributed by atoms with Crippen LogP contribution in [0.4, 0.5) is 18.9 Å². The number of nitro groups is 1. The fourth-order valence-corrected chi connectivity index (χ4v) is 2.72. The molecule has 0 saturated carbocycles. The molecule has 1 aromatic heterocycles. The SMILES string of the molecule is CN(C(=N)N)C(=O)c1cc2c(C(F)(F)F)ccc(Oc3cccc([N+](=O)[O-])c3)c2[nH]1. The van der Waals surface area contributed by atoms with Crippen LogP contribution >= 0.6 is 0 Å². The molecule has 0 aliphatic rings. The van der Waals surface area contributed by atoms with Gasteiger partial charge in [0.25, 0.3) is 11.6 Å². The summed E-state index contributed by atoms with van der Waals surface area (Å²) < 4.78 is 45.9. The van der Waals surface area contributed by atoms with Gasteiger partial charge in [-0.15, -0.1) is 0 Å². The van der Waals surface area contributed by atoms with Crippen LogP contribution in [0.15, 0.2) is 42.5 Å². The summed E-state index contributed by atoms with van der Waals surface area (Å²) in [6.07, 6.45) is -4.71. The van der Waals surface area contributed by atoms with Crippen LogP contribution in [0.2, 0.25) is 0 Å². The summed E-state index contributed by atoms with van der Waals surface area (Å²) in [5.74, 6) is -1.48. The molecule has 0 atom stereocenters. The molecule has 0 spiro atoms. The van der Waals surface area contributed by atoms with Gasteiger partial charge >= 0.3 is 6.18 Å². The Balaban J connectivity index is 2.14. The summed E-state index contributed by atoms with van der Waals surface area (Å²) in [7, 11) is 1.20. The molecule has 12 heteroatoms. The summed E-state index contributed by atoms with van der Waals surface area (Å²) in [4.78, 5) is 26.0. The third-order valence-electron chi connectivity index (χ3n) is 4.21. The highest BCUT2D eigenvalue weighted by Crippen LogP contribution is 2.40. The van der Waals surface area contributed by atoms with Crippen LogP contribution in [0.5, 0.6) is 11.5 Å². The van der Waals surface area contributed by atoms with Crippen molar-refractivity contribution in [3.05, 3.63) is 63.8 Å². The number of amides is 1. The second-order valence-electron chi connectivity index (χ2n) is 6.19. The van der Waals surface area contributed by atoms with Gasteiger partial charge in [-0.05, 0) is 24.3 Å². The van der Waals surface area contributed by atoms with E-state index in [1.807, 2.05) is 0 Å². The van der Waals surface area contributed by atoms with E-state index >= 15 is 0 Å². The van der Waals surface area contributed by atoms with Crippen molar-refractivity contribution in [1.82, 2.24) is 9.88 Å². The van der Waals surface area contributed by atoms with Crippen molar-refractivity contribution in [3.8, 4) is 11.5 Å². The molecule has 0 aliphatic heterocycles. The van der Waals surface area contributed by atoms with Crippen molar-refractivity contribution in [2.75, 3.05) is 7.05 Å². The van der Waals surface area contributed by atoms with Gasteiger partial charge in [-0.1, -0.05) is 6.07 Å². The Morgan fingerprint density at radius 2 is 1.97 bits per heavy atom. The Morgan fingerprint density at radius 1 is 1.27 bits per heavy atom. The summed E-state index contributed by atoms with van der Waals surface area (Å²) >= 11 is 0. The minimum absolute atomic E-state index is 0.0218. The molecule has 9 nitrogen and oxygen atoms in total. The number of nitrogens with two attached hydrogens (primary N) is 1. The number of guanidine groups is 1. The Hall–Kier alpha value is -4.09. The molecule has 0 aliphatic carbocycles. The first kappa shape index (κ1) is 20.6. The molecule has 30 heavy (non-hydrogen) atoms. The van der Waals surface area contributed by atoms with Crippen molar-refractivity contribution in [2.45, 2.75) is 6.18 Å². The molecule has 0 radical (unpaired) electrons. The first-order valence-corrected chi connectivity index (χ1v) is 8.26. The van der Waals surface area contributed by atoms with E-state index in [0.29, 0.717) is 0 Å². The minimum Gasteiger partial charge on any atom is -0.455 e. The minimum atomic E-state index is -4.71. The van der Waals surface area contributed by atoms with Gasteiger partial charge in [0.05, 0.1) is 22.1 Å². The molecule has 1 amide bonds. The molecule has 0 fully saturated rings. The number of fused-ring (bicyclic) bond motifs is 1. The third-order valence-corrected chi connectivity index (χ3v) is 4.21. The van der Waals surface area contributed by atoms with Crippen molar-refractivity contribution >= 4 is 28.5 Å². The van der Waals surface area contributed by atoms with Gasteiger partial charge in [0, 0.05) is 18.5 Å². The number of carbonyl (C=O) groups excluding carboxylic acids is 1. The lowest BCUT2D eigenvalue weighted by molar-refractivity contribution is -0.384. The van der Waals surface area contributed by atoms with Crippen LogP contribution in [-0.2, 0) is 6.18 Å². The first-order chi connectivity index (χ1) is 14.0. The van der Waals surface area contributed by atoms with Gasteiger partial charge in [-0.2, -0.15) is 13.2 Å². The number of carbonyl (C=O) groups is 1. The molecular weight excluding hydrogens is 407 g/mol. The zero-order valence-electron chi connectivity index (χ0n) is 15.3. The molecule has 1 heterocycles. The van der Waals surface area contributed by atoms with Gasteiger partial charge in [-0.25, -0.2) is 0 Å². The van der Waals surface area contributed by atoms with Crippen molar-refractivity contribution in [1.29, 1.82) is 5.41 Å². The van der Waals surface area contributed by atoms with E-state index < -0.39 is 28.5 Å². The summed E-state index contributed by atoms with van der Waals surface area (Å²) in [6, 6.07) is 7.92. The van der Waals surface area contributed by atoms with E-state index in [0.717, 1.165) is 29.2 Å². The molecule has 0 saturated heterocycles. The van der Waals surface area contributed by atoms with Gasteiger partial charge < -0.3 is 15.5 Å². The highest BCUT2D eigenvalue weighted by Gasteiger charge is 2.34. The number of nitro benzene ring substituents is 1. The fourth-order valence-electron chi connectivity index (χ4n) is 2.72. The van der Waals surface area contributed by atoms with Gasteiger partial charge in [-0.3, -0.25) is 25.2 Å². The molecule has 0 bridgehead atoms. The van der Waals surface area contributed by atoms with E-state index in [2.05, 4.69) is 4.98 Å². The molecule has 0 unspecified atom stereocenters. The number of hydrogen-bond acceptors (Lipinski definition) is 5. The number of alkyl halides is 3. The highest BCUT2D eigenvalue weighted by molar-refractivity contribution is 6.06. The standard InChI is InChI=1S/C18H14F3N5O4/c1-25(17(22)23)16(27)13-8-11-12(18(19,20)21)5-6-14(15(11)24-13)30-10-4-2-3-9(7-10)26(28)29/h2-8,24H,1H3,(H3,22,23). The summed E-state index contributed by atoms with van der Waals surface area (Å²) in [5.41, 5.74) is 3.59. The number of aromatic nitrogens is 1. The Bertz CT molecular complexity index is 1170. The van der Waals surface area contributed by atoms with Gasteiger partial charge in [0.1, 0.15) is 11.4 Å². The van der Waals surface area contributed by atoms with Crippen molar-refractivity contribution < 1.29 is 27.6 Å². The summed E-state index contributed by atoms with van der Waals surface area (Å²) in [6.45, 7) is 0. The predicted molar refractivity (Wildman–Crippen MR) is 100 cm³/mol. The van der Waals surface area contributed by atoms with E-state index in [9.17, 15) is 28.1 Å². The zero-order valence-corrected chi connectivity index (χ0v) is 15.3. The molecular formula is C18H14F3N5O4. The zero-order chi connectivity index (χ0) is 22.2. The number of non-ortho nitro benzene ring substituents is 1. The van der Waals surface area contributed by atoms with Crippen LogP contribution < -0.4 is 10.5 Å². The predicted octanol–water partition coefficient (Wildman–Crippen LogP) is 3.85. The van der Waals surface area contributed by atoms with E-state index in [4.69, 9.17) is 15.9 Å². The smallest absolute Gasteiger partial charge is 0.417 e. The van der Waals surface area contributed by atoms with Crippen molar-refractivity contribution in [2.24, 2.45) is 5.73 Å². The van der Waals surface area contributed by atoms with Crippen molar-refractivity contribution in [3.63, 3.8) is 0 Å². The van der Waals surface area contributed by atoms with E-state index in [1.165, 1.54) is 25.2 Å². The largest absolute Gasteiger partial charge is 0.455 e.